The van der Waals surface area contributed by atoms with Gasteiger partial charge in [-0.05, 0) is 6.42 Å². The first kappa shape index (κ1) is 17.1. The number of nitrogens with two attached hydrogens (primary N) is 1. The van der Waals surface area contributed by atoms with E-state index in [1.54, 1.807) is 7.11 Å². The van der Waals surface area contributed by atoms with Gasteiger partial charge in [0.15, 0.2) is 0 Å². The fourth-order valence-electron chi connectivity index (χ4n) is 0.612. The van der Waals surface area contributed by atoms with E-state index in [1.807, 2.05) is 0 Å². The molecule has 0 radical (unpaired) electrons. The number of hydrogen-bond acceptors (Lipinski definition) is 5. The molecule has 0 bridgehead atoms. The van der Waals surface area contributed by atoms with Crippen molar-refractivity contribution in [2.75, 3.05) is 26.0 Å². The molecule has 5 N–H and O–H groups in total. The van der Waals surface area contributed by atoms with E-state index in [0.717, 1.165) is 6.42 Å². The first-order valence-electron chi connectivity index (χ1n) is 3.85. The predicted octanol–water partition coefficient (Wildman–Crippen LogP) is -0.909. The lowest BCUT2D eigenvalue weighted by Crippen LogP contribution is -2.16. The van der Waals surface area contributed by atoms with Crippen molar-refractivity contribution in [3.63, 3.8) is 0 Å². The highest BCUT2D eigenvalue weighted by Gasteiger charge is 2.05. The number of amidine groups is 1. The van der Waals surface area contributed by atoms with Crippen LogP contribution < -0.4 is 5.73 Å². The molecule has 0 aliphatic rings. The van der Waals surface area contributed by atoms with Gasteiger partial charge in [-0.1, -0.05) is 0 Å². The zero-order chi connectivity index (χ0) is 11.0. The quantitative estimate of drug-likeness (QED) is 0.200. The van der Waals surface area contributed by atoms with Crippen molar-refractivity contribution in [3.05, 3.63) is 0 Å². The molecular formula is C6H16N2O5S2. The summed E-state index contributed by atoms with van der Waals surface area (Å²) in [5.74, 6) is 0.176. The Labute approximate surface area is 92.5 Å². The van der Waals surface area contributed by atoms with Gasteiger partial charge < -0.3 is 15.9 Å². The van der Waals surface area contributed by atoms with Crippen LogP contribution in [-0.2, 0) is 13.9 Å². The zero-order valence-corrected chi connectivity index (χ0v) is 9.97. The van der Waals surface area contributed by atoms with Crippen LogP contribution in [0.4, 0.5) is 0 Å². The van der Waals surface area contributed by atoms with E-state index < -0.39 is 9.15 Å². The third kappa shape index (κ3) is 13.7. The third-order valence-electron chi connectivity index (χ3n) is 1.18. The van der Waals surface area contributed by atoms with Crippen LogP contribution in [0.25, 0.3) is 0 Å². The highest BCUT2D eigenvalue weighted by atomic mass is 33.1. The van der Waals surface area contributed by atoms with Gasteiger partial charge in [0.25, 0.3) is 0 Å². The van der Waals surface area contributed by atoms with Crippen LogP contribution in [0.2, 0.25) is 0 Å². The highest BCUT2D eigenvalue weighted by molar-refractivity contribution is 8.70. The SMILES string of the molecule is COCCCN=C(N)CSS(=O)(=O)O.O. The van der Waals surface area contributed by atoms with Crippen LogP contribution in [0.1, 0.15) is 6.42 Å². The van der Waals surface area contributed by atoms with Crippen molar-refractivity contribution >= 4 is 25.8 Å². The van der Waals surface area contributed by atoms with Gasteiger partial charge in [0.2, 0.25) is 0 Å². The largest absolute Gasteiger partial charge is 0.412 e. The minimum Gasteiger partial charge on any atom is -0.412 e. The van der Waals surface area contributed by atoms with Crippen LogP contribution in [0.5, 0.6) is 0 Å². The van der Waals surface area contributed by atoms with Gasteiger partial charge in [0.05, 0.1) is 5.75 Å². The summed E-state index contributed by atoms with van der Waals surface area (Å²) in [4.78, 5) is 3.88. The van der Waals surface area contributed by atoms with E-state index in [4.69, 9.17) is 15.0 Å². The minimum absolute atomic E-state index is 0. The third-order valence-corrected chi connectivity index (χ3v) is 3.14. The predicted molar refractivity (Wildman–Crippen MR) is 60.6 cm³/mol. The Morgan fingerprint density at radius 1 is 1.60 bits per heavy atom. The molecule has 0 saturated heterocycles. The lowest BCUT2D eigenvalue weighted by Gasteiger charge is -1.99. The number of aliphatic imine (C=N–C) groups is 1. The summed E-state index contributed by atoms with van der Waals surface area (Å²) in [5.41, 5.74) is 5.38. The Morgan fingerprint density at radius 3 is 2.67 bits per heavy atom. The molecule has 15 heavy (non-hydrogen) atoms. The average molecular weight is 260 g/mol. The molecule has 9 heteroatoms. The van der Waals surface area contributed by atoms with E-state index >= 15 is 0 Å². The topological polar surface area (TPSA) is 133 Å². The molecule has 92 valence electrons. The number of hydrogen-bond donors (Lipinski definition) is 2. The Kier molecular flexibility index (Phi) is 10.1. The molecular weight excluding hydrogens is 244 g/mol. The molecule has 7 nitrogen and oxygen atoms in total. The van der Waals surface area contributed by atoms with Crippen LogP contribution >= 0.6 is 10.8 Å². The molecule has 0 unspecified atom stereocenters. The van der Waals surface area contributed by atoms with Crippen molar-refractivity contribution in [3.8, 4) is 0 Å². The van der Waals surface area contributed by atoms with Gasteiger partial charge in [-0.2, -0.15) is 8.42 Å². The van der Waals surface area contributed by atoms with E-state index in [9.17, 15) is 8.42 Å². The Balaban J connectivity index is 0. The Hall–Kier alpha value is -0.350. The van der Waals surface area contributed by atoms with Crippen molar-refractivity contribution in [2.45, 2.75) is 6.42 Å². The second-order valence-corrected chi connectivity index (χ2v) is 5.76. The first-order valence-corrected chi connectivity index (χ1v) is 6.79. The van der Waals surface area contributed by atoms with Crippen LogP contribution in [0.15, 0.2) is 4.99 Å². The number of rotatable bonds is 7. The second-order valence-electron chi connectivity index (χ2n) is 2.41. The van der Waals surface area contributed by atoms with Crippen molar-refractivity contribution in [1.29, 1.82) is 0 Å². The maximum atomic E-state index is 10.3. The smallest absolute Gasteiger partial charge is 0.320 e. The Morgan fingerprint density at radius 2 is 2.20 bits per heavy atom. The minimum atomic E-state index is -4.02. The molecule has 0 aromatic carbocycles. The molecule has 0 aromatic heterocycles. The monoisotopic (exact) mass is 260 g/mol. The summed E-state index contributed by atoms with van der Waals surface area (Å²) < 4.78 is 33.8. The second kappa shape index (κ2) is 8.92. The summed E-state index contributed by atoms with van der Waals surface area (Å²) in [5, 5.41) is 0. The summed E-state index contributed by atoms with van der Waals surface area (Å²) in [6.07, 6.45) is 0.730. The standard InChI is InChI=1S/C6H14N2O4S2.H2O/c1-12-4-2-3-8-6(7)5-13-14(9,10)11;/h2-5H2,1H3,(H2,7,8)(H,9,10,11);1H2. The molecule has 0 saturated carbocycles. The molecule has 0 aliphatic carbocycles. The summed E-state index contributed by atoms with van der Waals surface area (Å²) in [6.45, 7) is 1.08. The van der Waals surface area contributed by atoms with Gasteiger partial charge in [-0.15, -0.1) is 0 Å². The van der Waals surface area contributed by atoms with E-state index in [0.29, 0.717) is 23.9 Å². The van der Waals surface area contributed by atoms with Crippen molar-refractivity contribution < 1.29 is 23.2 Å². The summed E-state index contributed by atoms with van der Waals surface area (Å²) >= 11 is 0. The van der Waals surface area contributed by atoms with Crippen LogP contribution in [0.3, 0.4) is 0 Å². The van der Waals surface area contributed by atoms with Crippen molar-refractivity contribution in [2.24, 2.45) is 10.7 Å². The lowest BCUT2D eigenvalue weighted by atomic mass is 10.4. The lowest BCUT2D eigenvalue weighted by molar-refractivity contribution is 0.197. The molecule has 0 fully saturated rings. The van der Waals surface area contributed by atoms with Gasteiger partial charge >= 0.3 is 9.15 Å². The molecule has 0 amide bonds. The van der Waals surface area contributed by atoms with Crippen LogP contribution in [-0.4, -0.2) is 50.3 Å². The van der Waals surface area contributed by atoms with E-state index in [1.165, 1.54) is 0 Å². The first-order chi connectivity index (χ1) is 6.45. The van der Waals surface area contributed by atoms with Gasteiger partial charge in [-0.25, -0.2) is 0 Å². The number of nitrogens with zero attached hydrogens (tertiary/aromatic N) is 1. The Bertz CT molecular complexity index is 277. The molecule has 0 aromatic rings. The maximum absolute atomic E-state index is 10.3. The summed E-state index contributed by atoms with van der Waals surface area (Å²) in [7, 11) is -2.09. The van der Waals surface area contributed by atoms with Gasteiger partial charge in [0.1, 0.15) is 5.84 Å². The van der Waals surface area contributed by atoms with Crippen molar-refractivity contribution in [1.82, 2.24) is 0 Å². The average Bonchev–Trinajstić information content (AvgIpc) is 2.08. The molecule has 0 rings (SSSR count). The fraction of sp³-hybridized carbons (Fsp3) is 0.833. The normalized spacial score (nSPS) is 12.3. The van der Waals surface area contributed by atoms with Gasteiger partial charge in [0, 0.05) is 31.1 Å². The number of methoxy groups -OCH3 is 1. The zero-order valence-electron chi connectivity index (χ0n) is 8.34. The van der Waals surface area contributed by atoms with E-state index in [2.05, 4.69) is 4.99 Å². The molecule has 0 atom stereocenters. The molecule has 0 spiro atoms. The maximum Gasteiger partial charge on any atom is 0.320 e. The van der Waals surface area contributed by atoms with Gasteiger partial charge in [-0.3, -0.25) is 9.55 Å². The fourth-order valence-corrected chi connectivity index (χ4v) is 1.78. The number of ether oxygens (including phenoxy) is 1. The van der Waals surface area contributed by atoms with Crippen LogP contribution in [0, 0.1) is 0 Å². The molecule has 0 aliphatic heterocycles. The van der Waals surface area contributed by atoms with E-state index in [-0.39, 0.29) is 17.1 Å². The highest BCUT2D eigenvalue weighted by Crippen LogP contribution is 2.07. The summed E-state index contributed by atoms with van der Waals surface area (Å²) in [6, 6.07) is 0. The molecule has 0 heterocycles.